The van der Waals surface area contributed by atoms with E-state index in [-0.39, 0.29) is 0 Å². The number of allylic oxidation sites excluding steroid dienone is 8. The lowest BCUT2D eigenvalue weighted by atomic mass is 9.67. The molecule has 0 amide bonds. The summed E-state index contributed by atoms with van der Waals surface area (Å²) in [4.78, 5) is 0. The van der Waals surface area contributed by atoms with Crippen LogP contribution in [0.4, 0.5) is 0 Å². The summed E-state index contributed by atoms with van der Waals surface area (Å²) in [6.07, 6.45) is 11.5. The molecule has 2 aromatic rings. The number of rotatable bonds is 6. The van der Waals surface area contributed by atoms with Crippen LogP contribution in [0, 0.1) is 0 Å². The summed E-state index contributed by atoms with van der Waals surface area (Å²) in [7, 11) is 0. The van der Waals surface area contributed by atoms with E-state index in [0.29, 0.717) is 0 Å². The maximum Gasteiger partial charge on any atom is 0.0707 e. The molecule has 0 spiro atoms. The van der Waals surface area contributed by atoms with E-state index >= 15 is 0 Å². The van der Waals surface area contributed by atoms with Crippen molar-refractivity contribution >= 4 is 0 Å². The molecule has 1 aliphatic carbocycles. The zero-order chi connectivity index (χ0) is 17.9. The van der Waals surface area contributed by atoms with Crippen LogP contribution in [0.1, 0.15) is 11.1 Å². The minimum Gasteiger partial charge on any atom is -0.0991 e. The van der Waals surface area contributed by atoms with Crippen LogP contribution >= 0.6 is 0 Å². The monoisotopic (exact) mass is 322 g/mol. The molecule has 3 rings (SSSR count). The highest BCUT2D eigenvalue weighted by molar-refractivity contribution is 5.86. The Kier molecular flexibility index (Phi) is 4.54. The van der Waals surface area contributed by atoms with Crippen molar-refractivity contribution in [1.82, 2.24) is 0 Å². The summed E-state index contributed by atoms with van der Waals surface area (Å²) < 4.78 is 0. The number of hydrogen-bond acceptors (Lipinski definition) is 0. The van der Waals surface area contributed by atoms with Crippen molar-refractivity contribution in [3.63, 3.8) is 0 Å². The Balaban J connectivity index is 2.46. The summed E-state index contributed by atoms with van der Waals surface area (Å²) in [5.41, 5.74) is 6.51. The Morgan fingerprint density at radius 2 is 1.36 bits per heavy atom. The van der Waals surface area contributed by atoms with E-state index in [9.17, 15) is 0 Å². The van der Waals surface area contributed by atoms with Gasteiger partial charge in [-0.1, -0.05) is 111 Å². The molecular formula is C25H22. The third-order valence-electron chi connectivity index (χ3n) is 4.82. The van der Waals surface area contributed by atoms with Gasteiger partial charge in [-0.25, -0.2) is 0 Å². The number of hydrogen-bond donors (Lipinski definition) is 0. The van der Waals surface area contributed by atoms with Crippen LogP contribution in [0.5, 0.6) is 0 Å². The highest BCUT2D eigenvalue weighted by Gasteiger charge is 2.46. The van der Waals surface area contributed by atoms with Crippen molar-refractivity contribution in [3.05, 3.63) is 134 Å². The van der Waals surface area contributed by atoms with Crippen molar-refractivity contribution in [3.8, 4) is 11.1 Å². The van der Waals surface area contributed by atoms with Crippen LogP contribution in [0.25, 0.3) is 11.1 Å². The minimum atomic E-state index is -0.470. The molecule has 0 saturated carbocycles. The third-order valence-corrected chi connectivity index (χ3v) is 4.82. The molecule has 0 fully saturated rings. The lowest BCUT2D eigenvalue weighted by Gasteiger charge is -2.34. The summed E-state index contributed by atoms with van der Waals surface area (Å²) in [5, 5.41) is 0. The summed E-state index contributed by atoms with van der Waals surface area (Å²) in [6.45, 7) is 16.2. The first-order valence-electron chi connectivity index (χ1n) is 8.35. The van der Waals surface area contributed by atoms with Crippen molar-refractivity contribution in [1.29, 1.82) is 0 Å². The van der Waals surface area contributed by atoms with Gasteiger partial charge in [-0.2, -0.15) is 0 Å². The van der Waals surface area contributed by atoms with Gasteiger partial charge in [-0.15, -0.1) is 0 Å². The van der Waals surface area contributed by atoms with Crippen molar-refractivity contribution in [2.45, 2.75) is 5.41 Å². The third kappa shape index (κ3) is 2.38. The second kappa shape index (κ2) is 6.78. The lowest BCUT2D eigenvalue weighted by molar-refractivity contribution is 0.769. The highest BCUT2D eigenvalue weighted by atomic mass is 14.5. The van der Waals surface area contributed by atoms with Gasteiger partial charge in [0.05, 0.1) is 5.41 Å². The molecule has 1 aliphatic rings. The van der Waals surface area contributed by atoms with Gasteiger partial charge in [-0.3, -0.25) is 0 Å². The van der Waals surface area contributed by atoms with Crippen molar-refractivity contribution in [2.75, 3.05) is 0 Å². The quantitative estimate of drug-likeness (QED) is 0.529. The van der Waals surface area contributed by atoms with Crippen LogP contribution in [-0.2, 0) is 5.41 Å². The van der Waals surface area contributed by atoms with E-state index in [4.69, 9.17) is 0 Å². The van der Waals surface area contributed by atoms with E-state index in [0.717, 1.165) is 11.1 Å². The molecular weight excluding hydrogens is 300 g/mol. The topological polar surface area (TPSA) is 0 Å². The predicted octanol–water partition coefficient (Wildman–Crippen LogP) is 6.55. The molecule has 0 bridgehead atoms. The first-order valence-corrected chi connectivity index (χ1v) is 8.35. The van der Waals surface area contributed by atoms with Gasteiger partial charge in [0.1, 0.15) is 0 Å². The first kappa shape index (κ1) is 16.7. The van der Waals surface area contributed by atoms with Crippen molar-refractivity contribution < 1.29 is 0 Å². The van der Waals surface area contributed by atoms with Gasteiger partial charge in [0.25, 0.3) is 0 Å². The van der Waals surface area contributed by atoms with E-state index in [2.05, 4.69) is 74.8 Å². The fourth-order valence-corrected chi connectivity index (χ4v) is 3.86. The minimum absolute atomic E-state index is 0.470. The van der Waals surface area contributed by atoms with E-state index in [1.807, 2.05) is 30.4 Å². The van der Waals surface area contributed by atoms with Gasteiger partial charge in [0.15, 0.2) is 0 Å². The van der Waals surface area contributed by atoms with E-state index in [1.54, 1.807) is 6.08 Å². The van der Waals surface area contributed by atoms with E-state index < -0.39 is 5.41 Å². The Morgan fingerprint density at radius 3 is 1.84 bits per heavy atom. The van der Waals surface area contributed by atoms with E-state index in [1.165, 1.54) is 22.3 Å². The Bertz CT molecular complexity index is 873. The normalized spacial score (nSPS) is 14.6. The SMILES string of the molecule is C=C/C=C\C(=C)C1(/C(C=C)=C/C=C)c2ccccc2-c2ccccc21. The Hall–Kier alpha value is -3.12. The summed E-state index contributed by atoms with van der Waals surface area (Å²) in [5.74, 6) is 0. The molecule has 0 atom stereocenters. The molecule has 0 heterocycles. The maximum absolute atomic E-state index is 4.44. The second-order valence-corrected chi connectivity index (χ2v) is 6.02. The van der Waals surface area contributed by atoms with Gasteiger partial charge in [0.2, 0.25) is 0 Å². The molecule has 0 saturated heterocycles. The van der Waals surface area contributed by atoms with Crippen LogP contribution in [-0.4, -0.2) is 0 Å². The van der Waals surface area contributed by atoms with Gasteiger partial charge < -0.3 is 0 Å². The molecule has 0 unspecified atom stereocenters. The fourth-order valence-electron chi connectivity index (χ4n) is 3.86. The zero-order valence-electron chi connectivity index (χ0n) is 14.4. The standard InChI is InChI=1S/C25H22/c1-5-8-14-19(4)25(20(7-3)13-6-2)23-17-11-9-15-21(23)22-16-10-12-18-24(22)25/h5-18H,1-4H2/b14-8-,20-13+. The van der Waals surface area contributed by atoms with Gasteiger partial charge in [0, 0.05) is 0 Å². The Labute approximate surface area is 150 Å². The molecule has 0 radical (unpaired) electrons. The number of benzene rings is 2. The average molecular weight is 322 g/mol. The molecule has 2 aromatic carbocycles. The van der Waals surface area contributed by atoms with Gasteiger partial charge in [-0.05, 0) is 33.4 Å². The highest BCUT2D eigenvalue weighted by Crippen LogP contribution is 2.56. The molecule has 0 aliphatic heterocycles. The second-order valence-electron chi connectivity index (χ2n) is 6.02. The fraction of sp³-hybridized carbons (Fsp3) is 0.0400. The van der Waals surface area contributed by atoms with Crippen LogP contribution in [0.15, 0.2) is 122 Å². The van der Waals surface area contributed by atoms with Crippen LogP contribution in [0.3, 0.4) is 0 Å². The zero-order valence-corrected chi connectivity index (χ0v) is 14.4. The maximum atomic E-state index is 4.44. The smallest absolute Gasteiger partial charge is 0.0707 e. The first-order chi connectivity index (χ1) is 12.2. The van der Waals surface area contributed by atoms with Crippen molar-refractivity contribution in [2.24, 2.45) is 0 Å². The molecule has 0 heteroatoms. The Morgan fingerprint density at radius 1 is 0.800 bits per heavy atom. The largest absolute Gasteiger partial charge is 0.0991 e. The molecule has 0 nitrogen and oxygen atoms in total. The molecule has 0 N–H and O–H groups in total. The van der Waals surface area contributed by atoms with Crippen LogP contribution in [0.2, 0.25) is 0 Å². The summed E-state index contributed by atoms with van der Waals surface area (Å²) >= 11 is 0. The molecule has 25 heavy (non-hydrogen) atoms. The average Bonchev–Trinajstić information content (AvgIpc) is 2.96. The summed E-state index contributed by atoms with van der Waals surface area (Å²) in [6, 6.07) is 17.0. The molecule has 122 valence electrons. The number of fused-ring (bicyclic) bond motifs is 3. The lowest BCUT2D eigenvalue weighted by Crippen LogP contribution is -2.28. The predicted molar refractivity (Wildman–Crippen MR) is 110 cm³/mol. The van der Waals surface area contributed by atoms with Gasteiger partial charge >= 0.3 is 0 Å². The van der Waals surface area contributed by atoms with Crippen LogP contribution < -0.4 is 0 Å². The molecule has 0 aromatic heterocycles.